The van der Waals surface area contributed by atoms with Crippen LogP contribution in [0.4, 0.5) is 4.79 Å². The molecule has 0 aliphatic heterocycles. The third kappa shape index (κ3) is 6.46. The van der Waals surface area contributed by atoms with Gasteiger partial charge in [-0.1, -0.05) is 43.0 Å². The van der Waals surface area contributed by atoms with Crippen LogP contribution in [0.2, 0.25) is 0 Å². The van der Waals surface area contributed by atoms with Crippen molar-refractivity contribution >= 4 is 12.2 Å². The Kier molecular flexibility index (Phi) is 5.37. The predicted octanol–water partition coefficient (Wildman–Crippen LogP) is 4.21. The minimum atomic E-state index is -0.699. The zero-order valence-electron chi connectivity index (χ0n) is 11.6. The Morgan fingerprint density at radius 2 is 1.89 bits per heavy atom. The van der Waals surface area contributed by atoms with Crippen LogP contribution in [0.25, 0.3) is 6.08 Å². The minimum Gasteiger partial charge on any atom is -0.429 e. The zero-order valence-corrected chi connectivity index (χ0v) is 11.6. The number of hydrogen-bond donors (Lipinski definition) is 0. The summed E-state index contributed by atoms with van der Waals surface area (Å²) in [4.78, 5) is 11.5. The normalized spacial score (nSPS) is 13.0. The van der Waals surface area contributed by atoms with Gasteiger partial charge in [0.2, 0.25) is 0 Å². The van der Waals surface area contributed by atoms with Crippen molar-refractivity contribution in [2.24, 2.45) is 0 Å². The second-order valence-electron chi connectivity index (χ2n) is 5.05. The summed E-state index contributed by atoms with van der Waals surface area (Å²) in [6.07, 6.45) is 3.97. The highest BCUT2D eigenvalue weighted by atomic mass is 16.7. The van der Waals surface area contributed by atoms with Gasteiger partial charge in [-0.2, -0.15) is 0 Å². The van der Waals surface area contributed by atoms with E-state index < -0.39 is 17.9 Å². The molecule has 1 rings (SSSR count). The van der Waals surface area contributed by atoms with Crippen molar-refractivity contribution < 1.29 is 14.3 Å². The van der Waals surface area contributed by atoms with Gasteiger partial charge in [-0.3, -0.25) is 0 Å². The van der Waals surface area contributed by atoms with Crippen molar-refractivity contribution in [3.63, 3.8) is 0 Å². The third-order valence-electron chi connectivity index (χ3n) is 2.13. The van der Waals surface area contributed by atoms with E-state index in [9.17, 15) is 4.79 Å². The van der Waals surface area contributed by atoms with Gasteiger partial charge in [-0.25, -0.2) is 4.79 Å². The lowest BCUT2D eigenvalue weighted by Gasteiger charge is -2.20. The van der Waals surface area contributed by atoms with E-state index in [0.717, 1.165) is 5.56 Å². The van der Waals surface area contributed by atoms with Crippen LogP contribution in [-0.2, 0) is 9.47 Å². The van der Waals surface area contributed by atoms with E-state index in [1.54, 1.807) is 32.9 Å². The average molecular weight is 260 g/mol. The topological polar surface area (TPSA) is 35.5 Å². The second-order valence-corrected chi connectivity index (χ2v) is 5.05. The standard InChI is InChI=1S/C16H20O3/c1-5-14(18-15(17)19-16(2,3)4)12-11-13-9-7-6-8-10-13/h5-12,14H,1H2,2-4H3/b12-11+. The molecule has 0 saturated carbocycles. The predicted molar refractivity (Wildman–Crippen MR) is 76.8 cm³/mol. The Hall–Kier alpha value is -2.03. The maximum atomic E-state index is 11.5. The SMILES string of the molecule is C=CC(/C=C/c1ccccc1)OC(=O)OC(C)(C)C. The first-order valence-electron chi connectivity index (χ1n) is 6.16. The highest BCUT2D eigenvalue weighted by Gasteiger charge is 2.19. The number of hydrogen-bond acceptors (Lipinski definition) is 3. The zero-order chi connectivity index (χ0) is 14.3. The molecule has 0 fully saturated rings. The number of carbonyl (C=O) groups excluding carboxylic acids is 1. The summed E-state index contributed by atoms with van der Waals surface area (Å²) in [6.45, 7) is 9.00. The molecule has 0 N–H and O–H groups in total. The summed E-state index contributed by atoms with van der Waals surface area (Å²) in [7, 11) is 0. The van der Waals surface area contributed by atoms with Crippen LogP contribution in [0, 0.1) is 0 Å². The van der Waals surface area contributed by atoms with Crippen LogP contribution in [0.1, 0.15) is 26.3 Å². The van der Waals surface area contributed by atoms with Gasteiger partial charge in [-0.15, -0.1) is 0 Å². The van der Waals surface area contributed by atoms with Crippen LogP contribution >= 0.6 is 0 Å². The maximum Gasteiger partial charge on any atom is 0.509 e. The van der Waals surface area contributed by atoms with Crippen molar-refractivity contribution in [2.75, 3.05) is 0 Å². The first-order chi connectivity index (χ1) is 8.90. The molecule has 19 heavy (non-hydrogen) atoms. The van der Waals surface area contributed by atoms with E-state index in [1.165, 1.54) is 0 Å². The molecule has 3 nitrogen and oxygen atoms in total. The highest BCUT2D eigenvalue weighted by Crippen LogP contribution is 2.11. The lowest BCUT2D eigenvalue weighted by atomic mass is 10.2. The van der Waals surface area contributed by atoms with Crippen LogP contribution < -0.4 is 0 Å². The van der Waals surface area contributed by atoms with Gasteiger partial charge in [0, 0.05) is 0 Å². The summed E-state index contributed by atoms with van der Waals surface area (Å²) in [6, 6.07) is 9.75. The maximum absolute atomic E-state index is 11.5. The van der Waals surface area contributed by atoms with Crippen molar-refractivity contribution in [3.05, 3.63) is 54.6 Å². The largest absolute Gasteiger partial charge is 0.509 e. The van der Waals surface area contributed by atoms with Gasteiger partial charge in [0.15, 0.2) is 0 Å². The van der Waals surface area contributed by atoms with Crippen LogP contribution in [0.15, 0.2) is 49.1 Å². The molecule has 0 radical (unpaired) electrons. The fourth-order valence-electron chi connectivity index (χ4n) is 1.32. The van der Waals surface area contributed by atoms with Crippen LogP contribution in [0.5, 0.6) is 0 Å². The fourth-order valence-corrected chi connectivity index (χ4v) is 1.32. The Balaban J connectivity index is 2.57. The molecule has 0 spiro atoms. The Labute approximate surface area is 114 Å². The molecule has 102 valence electrons. The van der Waals surface area contributed by atoms with Gasteiger partial charge in [-0.05, 0) is 38.5 Å². The molecule has 0 amide bonds. The highest BCUT2D eigenvalue weighted by molar-refractivity contribution is 5.61. The van der Waals surface area contributed by atoms with E-state index in [4.69, 9.17) is 9.47 Å². The minimum absolute atomic E-state index is 0.505. The molecule has 0 saturated heterocycles. The molecule has 1 aromatic carbocycles. The molecular weight excluding hydrogens is 240 g/mol. The van der Waals surface area contributed by atoms with Gasteiger partial charge in [0.25, 0.3) is 0 Å². The van der Waals surface area contributed by atoms with Gasteiger partial charge in [0.1, 0.15) is 11.7 Å². The van der Waals surface area contributed by atoms with Crippen molar-refractivity contribution in [1.29, 1.82) is 0 Å². The summed E-state index contributed by atoms with van der Waals surface area (Å²) in [5, 5.41) is 0. The molecule has 1 aromatic rings. The lowest BCUT2D eigenvalue weighted by molar-refractivity contribution is -0.0115. The van der Waals surface area contributed by atoms with E-state index in [0.29, 0.717) is 0 Å². The van der Waals surface area contributed by atoms with Crippen molar-refractivity contribution in [1.82, 2.24) is 0 Å². The first kappa shape index (κ1) is 15.0. The smallest absolute Gasteiger partial charge is 0.429 e. The van der Waals surface area contributed by atoms with Crippen molar-refractivity contribution in [3.8, 4) is 0 Å². The van der Waals surface area contributed by atoms with Crippen molar-refractivity contribution in [2.45, 2.75) is 32.5 Å². The van der Waals surface area contributed by atoms with Gasteiger partial charge >= 0.3 is 6.16 Å². The summed E-state index contributed by atoms with van der Waals surface area (Å²) >= 11 is 0. The first-order valence-corrected chi connectivity index (χ1v) is 6.16. The number of rotatable bonds is 4. The van der Waals surface area contributed by atoms with E-state index in [2.05, 4.69) is 6.58 Å². The van der Waals surface area contributed by atoms with Crippen LogP contribution in [0.3, 0.4) is 0 Å². The lowest BCUT2D eigenvalue weighted by Crippen LogP contribution is -2.26. The molecule has 0 aliphatic carbocycles. The molecule has 0 bridgehead atoms. The molecular formula is C16H20O3. The Morgan fingerprint density at radius 3 is 2.42 bits per heavy atom. The quantitative estimate of drug-likeness (QED) is 0.601. The summed E-state index contributed by atoms with van der Waals surface area (Å²) in [5.74, 6) is 0. The van der Waals surface area contributed by atoms with E-state index >= 15 is 0 Å². The van der Waals surface area contributed by atoms with Gasteiger partial charge in [0.05, 0.1) is 0 Å². The average Bonchev–Trinajstić information content (AvgIpc) is 2.33. The van der Waals surface area contributed by atoms with E-state index in [1.807, 2.05) is 36.4 Å². The second kappa shape index (κ2) is 6.78. The third-order valence-corrected chi connectivity index (χ3v) is 2.13. The number of benzene rings is 1. The van der Waals surface area contributed by atoms with Crippen LogP contribution in [-0.4, -0.2) is 17.9 Å². The molecule has 1 unspecified atom stereocenters. The summed E-state index contributed by atoms with van der Waals surface area (Å²) < 4.78 is 10.2. The Bertz CT molecular complexity index is 441. The number of ether oxygens (including phenoxy) is 2. The molecule has 0 aromatic heterocycles. The van der Waals surface area contributed by atoms with E-state index in [-0.39, 0.29) is 0 Å². The fraction of sp³-hybridized carbons (Fsp3) is 0.312. The molecule has 0 heterocycles. The monoisotopic (exact) mass is 260 g/mol. The molecule has 0 aliphatic rings. The Morgan fingerprint density at radius 1 is 1.26 bits per heavy atom. The summed E-state index contributed by atoms with van der Waals surface area (Å²) in [5.41, 5.74) is 0.466. The van der Waals surface area contributed by atoms with Gasteiger partial charge < -0.3 is 9.47 Å². The number of carbonyl (C=O) groups is 1. The molecule has 1 atom stereocenters. The molecule has 3 heteroatoms.